The van der Waals surface area contributed by atoms with Crippen LogP contribution in [-0.2, 0) is 24.2 Å². The number of carbonyl (C=O) groups is 1. The highest BCUT2D eigenvalue weighted by atomic mass is 16.3. The average Bonchev–Trinajstić information content (AvgIpc) is 3.08. The number of aliphatic hydroxyl groups is 1. The Hall–Kier alpha value is -4.82. The first-order chi connectivity index (χ1) is 22.4. The molecule has 5 rings (SSSR count). The molecule has 4 aromatic carbocycles. The van der Waals surface area contributed by atoms with Gasteiger partial charge in [-0.1, -0.05) is 115 Å². The average molecular weight is 614 g/mol. The fourth-order valence-corrected chi connectivity index (χ4v) is 5.76. The van der Waals surface area contributed by atoms with Crippen molar-refractivity contribution >= 4 is 11.7 Å². The Balaban J connectivity index is 1.18. The Labute approximate surface area is 271 Å². The van der Waals surface area contributed by atoms with E-state index < -0.39 is 12.0 Å². The van der Waals surface area contributed by atoms with Crippen LogP contribution in [0.2, 0.25) is 0 Å². The van der Waals surface area contributed by atoms with Gasteiger partial charge in [-0.25, -0.2) is 4.98 Å². The van der Waals surface area contributed by atoms with Crippen LogP contribution in [0.5, 0.6) is 0 Å². The van der Waals surface area contributed by atoms with Gasteiger partial charge in [-0.2, -0.15) is 0 Å². The van der Waals surface area contributed by atoms with Gasteiger partial charge in [0.05, 0.1) is 18.1 Å². The molecule has 46 heavy (non-hydrogen) atoms. The van der Waals surface area contributed by atoms with Crippen LogP contribution in [0, 0.1) is 0 Å². The number of nitrogen functional groups attached to an aromatic ring is 1. The minimum atomic E-state index is -0.683. The number of pyridine rings is 1. The normalized spacial score (nSPS) is 13.3. The molecule has 0 radical (unpaired) electrons. The highest BCUT2D eigenvalue weighted by Crippen LogP contribution is 2.25. The first-order valence-corrected chi connectivity index (χ1v) is 15.8. The Bertz CT molecular complexity index is 1620. The van der Waals surface area contributed by atoms with Gasteiger partial charge in [0.1, 0.15) is 5.82 Å². The first-order valence-electron chi connectivity index (χ1n) is 15.8. The van der Waals surface area contributed by atoms with Crippen LogP contribution < -0.4 is 22.1 Å². The Morgan fingerprint density at radius 2 is 1.35 bits per heavy atom. The number of rotatable bonds is 15. The largest absolute Gasteiger partial charge is 0.387 e. The lowest BCUT2D eigenvalue weighted by Gasteiger charge is -2.20. The van der Waals surface area contributed by atoms with Crippen LogP contribution in [0.25, 0.3) is 0 Å². The van der Waals surface area contributed by atoms with E-state index in [0.717, 1.165) is 28.7 Å². The molecule has 0 aliphatic rings. The molecule has 0 saturated carbocycles. The van der Waals surface area contributed by atoms with Crippen LogP contribution >= 0.6 is 0 Å². The van der Waals surface area contributed by atoms with Crippen molar-refractivity contribution in [3.8, 4) is 0 Å². The second kappa shape index (κ2) is 16.0. The summed E-state index contributed by atoms with van der Waals surface area (Å²) in [4.78, 5) is 16.7. The van der Waals surface area contributed by atoms with Crippen molar-refractivity contribution in [1.29, 1.82) is 0 Å². The smallest absolute Gasteiger partial charge is 0.225 e. The number of nitrogens with one attached hydrogen (secondary N) is 2. The van der Waals surface area contributed by atoms with E-state index >= 15 is 0 Å². The van der Waals surface area contributed by atoms with Gasteiger partial charge in [-0.3, -0.25) is 4.79 Å². The third kappa shape index (κ3) is 9.11. The van der Waals surface area contributed by atoms with Crippen LogP contribution in [0.4, 0.5) is 5.82 Å². The van der Waals surface area contributed by atoms with Crippen molar-refractivity contribution in [2.75, 3.05) is 12.3 Å². The number of aromatic nitrogens is 1. The Kier molecular flexibility index (Phi) is 11.3. The van der Waals surface area contributed by atoms with Gasteiger partial charge < -0.3 is 27.2 Å². The zero-order valence-electron chi connectivity index (χ0n) is 26.2. The molecular weight excluding hydrogens is 570 g/mol. The molecule has 3 atom stereocenters. The number of primary amides is 1. The molecule has 1 unspecified atom stereocenters. The van der Waals surface area contributed by atoms with E-state index in [0.29, 0.717) is 30.9 Å². The van der Waals surface area contributed by atoms with Crippen molar-refractivity contribution in [3.63, 3.8) is 0 Å². The number of aliphatic hydroxyl groups excluding tert-OH is 1. The van der Waals surface area contributed by atoms with Gasteiger partial charge in [0.2, 0.25) is 5.91 Å². The van der Waals surface area contributed by atoms with Crippen molar-refractivity contribution in [1.82, 2.24) is 15.6 Å². The molecule has 7 N–H and O–H groups in total. The lowest BCUT2D eigenvalue weighted by Crippen LogP contribution is -2.32. The molecule has 1 heterocycles. The maximum Gasteiger partial charge on any atom is 0.225 e. The van der Waals surface area contributed by atoms with Crippen molar-refractivity contribution < 1.29 is 9.90 Å². The van der Waals surface area contributed by atoms with E-state index in [1.54, 1.807) is 18.3 Å². The van der Waals surface area contributed by atoms with E-state index in [-0.39, 0.29) is 18.0 Å². The quantitative estimate of drug-likeness (QED) is 0.105. The monoisotopic (exact) mass is 613 g/mol. The minimum Gasteiger partial charge on any atom is -0.387 e. The SMILES string of the molecule is C[C@H](Cc1cccc(C(Cc2ccc(CNC(c3ccccc3)c3ccccc3)cc2)C(N)=O)c1)NC[C@H](O)c1ccc(N)nc1. The first kappa shape index (κ1) is 32.6. The molecule has 0 aliphatic heterocycles. The third-order valence-electron chi connectivity index (χ3n) is 8.33. The molecule has 0 spiro atoms. The fourth-order valence-electron chi connectivity index (χ4n) is 5.76. The molecule has 0 aliphatic carbocycles. The Morgan fingerprint density at radius 3 is 1.96 bits per heavy atom. The van der Waals surface area contributed by atoms with Gasteiger partial charge in [0, 0.05) is 30.9 Å². The van der Waals surface area contributed by atoms with Crippen molar-refractivity contribution in [2.45, 2.75) is 50.4 Å². The molecular formula is C39H43N5O2. The van der Waals surface area contributed by atoms with E-state index in [1.165, 1.54) is 11.1 Å². The number of amides is 1. The van der Waals surface area contributed by atoms with E-state index in [9.17, 15) is 9.90 Å². The molecule has 1 amide bonds. The number of anilines is 1. The fraction of sp³-hybridized carbons (Fsp3) is 0.231. The topological polar surface area (TPSA) is 126 Å². The summed E-state index contributed by atoms with van der Waals surface area (Å²) in [7, 11) is 0. The summed E-state index contributed by atoms with van der Waals surface area (Å²) >= 11 is 0. The van der Waals surface area contributed by atoms with E-state index in [1.807, 2.05) is 24.3 Å². The number of hydrogen-bond donors (Lipinski definition) is 5. The summed E-state index contributed by atoms with van der Waals surface area (Å²) in [6.07, 6.45) is 2.18. The molecule has 0 bridgehead atoms. The van der Waals surface area contributed by atoms with E-state index in [4.69, 9.17) is 11.5 Å². The molecule has 236 valence electrons. The summed E-state index contributed by atoms with van der Waals surface area (Å²) < 4.78 is 0. The van der Waals surface area contributed by atoms with Gasteiger partial charge in [-0.05, 0) is 59.2 Å². The van der Waals surface area contributed by atoms with Crippen LogP contribution in [0.15, 0.2) is 128 Å². The molecule has 1 aromatic heterocycles. The predicted molar refractivity (Wildman–Crippen MR) is 185 cm³/mol. The summed E-state index contributed by atoms with van der Waals surface area (Å²) in [6, 6.07) is 41.1. The van der Waals surface area contributed by atoms with Crippen molar-refractivity contribution in [3.05, 3.63) is 166 Å². The molecule has 0 saturated heterocycles. The van der Waals surface area contributed by atoms with Gasteiger partial charge in [0.25, 0.3) is 0 Å². The molecule has 0 fully saturated rings. The zero-order valence-corrected chi connectivity index (χ0v) is 26.2. The predicted octanol–water partition coefficient (Wildman–Crippen LogP) is 5.61. The summed E-state index contributed by atoms with van der Waals surface area (Å²) in [5.41, 5.74) is 19.0. The Morgan fingerprint density at radius 1 is 0.717 bits per heavy atom. The number of benzene rings is 4. The number of nitrogens with two attached hydrogens (primary N) is 2. The number of carbonyl (C=O) groups excluding carboxylic acids is 1. The maximum absolute atomic E-state index is 12.6. The summed E-state index contributed by atoms with van der Waals surface area (Å²) in [5.74, 6) is -0.358. The van der Waals surface area contributed by atoms with Crippen LogP contribution in [0.1, 0.15) is 63.9 Å². The van der Waals surface area contributed by atoms with Gasteiger partial charge in [-0.15, -0.1) is 0 Å². The second-order valence-corrected chi connectivity index (χ2v) is 11.9. The van der Waals surface area contributed by atoms with Crippen molar-refractivity contribution in [2.24, 2.45) is 5.73 Å². The zero-order chi connectivity index (χ0) is 32.3. The van der Waals surface area contributed by atoms with Crippen LogP contribution in [0.3, 0.4) is 0 Å². The highest BCUT2D eigenvalue weighted by Gasteiger charge is 2.20. The standard InChI is InChI=1S/C39H43N5O2/c1-27(42-26-36(45)34-19-20-37(40)43-25-34)21-30-9-8-14-33(22-30)35(39(41)46)23-28-15-17-29(18-16-28)24-44-38(31-10-4-2-5-11-31)32-12-6-3-7-13-32/h2-20,22,25,27,35-36,38,42,44-45H,21,23-24,26H2,1H3,(H2,40,43)(H2,41,46)/t27-,35?,36+/m1/s1. The third-order valence-corrected chi connectivity index (χ3v) is 8.33. The maximum atomic E-state index is 12.6. The van der Waals surface area contributed by atoms with Gasteiger partial charge in [0.15, 0.2) is 0 Å². The number of nitrogens with zero attached hydrogens (tertiary/aromatic N) is 1. The minimum absolute atomic E-state index is 0.0811. The lowest BCUT2D eigenvalue weighted by molar-refractivity contribution is -0.119. The highest BCUT2D eigenvalue weighted by molar-refractivity contribution is 5.82. The lowest BCUT2D eigenvalue weighted by atomic mass is 9.89. The summed E-state index contributed by atoms with van der Waals surface area (Å²) in [5, 5.41) is 17.6. The van der Waals surface area contributed by atoms with Crippen LogP contribution in [-0.4, -0.2) is 28.6 Å². The second-order valence-electron chi connectivity index (χ2n) is 11.9. The van der Waals surface area contributed by atoms with E-state index in [2.05, 4.69) is 107 Å². The molecule has 5 aromatic rings. The molecule has 7 heteroatoms. The number of hydrogen-bond acceptors (Lipinski definition) is 6. The molecule has 7 nitrogen and oxygen atoms in total. The summed E-state index contributed by atoms with van der Waals surface area (Å²) in [6.45, 7) is 3.17. The van der Waals surface area contributed by atoms with Gasteiger partial charge >= 0.3 is 0 Å².